The molecule has 6 nitrogen and oxygen atoms in total. The van der Waals surface area contributed by atoms with Crippen molar-refractivity contribution in [3.8, 4) is 0 Å². The molecule has 2 rings (SSSR count). The fraction of sp³-hybridized carbons (Fsp3) is 0.316. The predicted octanol–water partition coefficient (Wildman–Crippen LogP) is 3.71. The Labute approximate surface area is 147 Å². The summed E-state index contributed by atoms with van der Waals surface area (Å²) in [6, 6.07) is 16.0. The van der Waals surface area contributed by atoms with Crippen LogP contribution in [0.25, 0.3) is 0 Å². The average Bonchev–Trinajstić information content (AvgIpc) is 2.64. The molecule has 0 saturated heterocycles. The third-order valence-electron chi connectivity index (χ3n) is 3.93. The van der Waals surface area contributed by atoms with Crippen molar-refractivity contribution < 1.29 is 9.72 Å². The third kappa shape index (κ3) is 5.60. The van der Waals surface area contributed by atoms with Gasteiger partial charge in [-0.25, -0.2) is 0 Å². The van der Waals surface area contributed by atoms with Crippen molar-refractivity contribution in [2.45, 2.75) is 25.7 Å². The molecule has 0 heterocycles. The number of carbonyl (C=O) groups is 1. The molecule has 0 unspecified atom stereocenters. The van der Waals surface area contributed by atoms with Crippen LogP contribution in [0.15, 0.2) is 54.6 Å². The molecular formula is C19H23N3O3. The molecule has 2 aromatic rings. The van der Waals surface area contributed by atoms with Crippen molar-refractivity contribution in [2.24, 2.45) is 0 Å². The van der Waals surface area contributed by atoms with E-state index in [1.54, 1.807) is 12.1 Å². The normalized spacial score (nSPS) is 11.6. The van der Waals surface area contributed by atoms with Crippen LogP contribution in [-0.4, -0.2) is 23.9 Å². The van der Waals surface area contributed by atoms with Gasteiger partial charge in [0.15, 0.2) is 0 Å². The molecule has 0 aliphatic rings. The number of anilines is 1. The molecule has 2 N–H and O–H groups in total. The highest BCUT2D eigenvalue weighted by Gasteiger charge is 2.18. The zero-order valence-electron chi connectivity index (χ0n) is 14.3. The number of hydrogen-bond acceptors (Lipinski definition) is 4. The van der Waals surface area contributed by atoms with E-state index in [9.17, 15) is 14.9 Å². The first-order chi connectivity index (χ1) is 12.1. The molecule has 0 aliphatic heterocycles. The van der Waals surface area contributed by atoms with Gasteiger partial charge in [0, 0.05) is 30.9 Å². The van der Waals surface area contributed by atoms with Gasteiger partial charge in [0.05, 0.1) is 10.8 Å². The fourth-order valence-electron chi connectivity index (χ4n) is 2.64. The first kappa shape index (κ1) is 18.4. The van der Waals surface area contributed by atoms with Gasteiger partial charge in [0.25, 0.3) is 5.69 Å². The summed E-state index contributed by atoms with van der Waals surface area (Å²) in [5.74, 6) is -0.107. The van der Waals surface area contributed by atoms with E-state index in [-0.39, 0.29) is 17.5 Å². The van der Waals surface area contributed by atoms with Crippen molar-refractivity contribution >= 4 is 17.3 Å². The molecule has 0 aliphatic carbocycles. The number of amides is 1. The maximum Gasteiger partial charge on any atom is 0.269 e. The molecule has 0 aromatic heterocycles. The fourth-order valence-corrected chi connectivity index (χ4v) is 2.64. The zero-order chi connectivity index (χ0) is 18.1. The van der Waals surface area contributed by atoms with E-state index < -0.39 is 4.92 Å². The van der Waals surface area contributed by atoms with Crippen LogP contribution >= 0.6 is 0 Å². The number of nitro benzene ring substituents is 1. The van der Waals surface area contributed by atoms with Crippen molar-refractivity contribution in [1.82, 2.24) is 5.32 Å². The first-order valence-corrected chi connectivity index (χ1v) is 8.42. The molecule has 0 saturated carbocycles. The number of rotatable bonds is 9. The lowest BCUT2D eigenvalue weighted by Crippen LogP contribution is -2.33. The Bertz CT molecular complexity index is 687. The van der Waals surface area contributed by atoms with Crippen LogP contribution in [0.2, 0.25) is 0 Å². The molecule has 0 spiro atoms. The van der Waals surface area contributed by atoms with E-state index in [4.69, 9.17) is 0 Å². The summed E-state index contributed by atoms with van der Waals surface area (Å²) in [6.07, 6.45) is 1.75. The quantitative estimate of drug-likeness (QED) is 0.414. The van der Waals surface area contributed by atoms with Gasteiger partial charge in [-0.05, 0) is 24.1 Å². The zero-order valence-corrected chi connectivity index (χ0v) is 14.3. The average molecular weight is 341 g/mol. The van der Waals surface area contributed by atoms with Crippen LogP contribution < -0.4 is 10.6 Å². The number of hydrogen-bond donors (Lipinski definition) is 2. The van der Waals surface area contributed by atoms with E-state index in [2.05, 4.69) is 17.6 Å². The van der Waals surface area contributed by atoms with Crippen LogP contribution in [-0.2, 0) is 4.79 Å². The Morgan fingerprint density at radius 2 is 1.76 bits per heavy atom. The Morgan fingerprint density at radius 3 is 2.36 bits per heavy atom. The Kier molecular flexibility index (Phi) is 6.95. The second kappa shape index (κ2) is 9.42. The lowest BCUT2D eigenvalue weighted by Gasteiger charge is -2.17. The molecule has 6 heteroatoms. The number of nitrogens with one attached hydrogen (secondary N) is 2. The largest absolute Gasteiger partial charge is 0.383 e. The minimum atomic E-state index is -0.429. The third-order valence-corrected chi connectivity index (χ3v) is 3.93. The van der Waals surface area contributed by atoms with Gasteiger partial charge in [-0.3, -0.25) is 14.9 Å². The molecule has 0 bridgehead atoms. The molecule has 25 heavy (non-hydrogen) atoms. The number of non-ortho nitro benzene ring substituents is 1. The summed E-state index contributed by atoms with van der Waals surface area (Å²) in [5.41, 5.74) is 1.88. The molecular weight excluding hydrogens is 318 g/mol. The van der Waals surface area contributed by atoms with E-state index >= 15 is 0 Å². The highest BCUT2D eigenvalue weighted by molar-refractivity contribution is 5.83. The second-order valence-electron chi connectivity index (χ2n) is 5.77. The van der Waals surface area contributed by atoms with Gasteiger partial charge in [-0.15, -0.1) is 0 Å². The van der Waals surface area contributed by atoms with Gasteiger partial charge in [-0.2, -0.15) is 0 Å². The molecule has 2 aromatic carbocycles. The van der Waals surface area contributed by atoms with Gasteiger partial charge < -0.3 is 10.6 Å². The minimum Gasteiger partial charge on any atom is -0.383 e. The maximum atomic E-state index is 12.5. The number of carbonyl (C=O) groups excluding carboxylic acids is 1. The van der Waals surface area contributed by atoms with Crippen LogP contribution in [0.4, 0.5) is 11.4 Å². The van der Waals surface area contributed by atoms with Crippen molar-refractivity contribution in [3.63, 3.8) is 0 Å². The Balaban J connectivity index is 1.81. The summed E-state index contributed by atoms with van der Waals surface area (Å²) in [6.45, 7) is 3.11. The maximum absolute atomic E-state index is 12.5. The topological polar surface area (TPSA) is 84.3 Å². The first-order valence-electron chi connectivity index (χ1n) is 8.42. The highest BCUT2D eigenvalue weighted by Crippen LogP contribution is 2.21. The molecule has 1 amide bonds. The SMILES string of the molecule is CCC[C@H](C(=O)NCCNc1ccc([N+](=O)[O-])cc1)c1ccccc1. The van der Waals surface area contributed by atoms with Crippen molar-refractivity contribution in [3.05, 3.63) is 70.3 Å². The smallest absolute Gasteiger partial charge is 0.269 e. The van der Waals surface area contributed by atoms with Crippen LogP contribution in [0.1, 0.15) is 31.2 Å². The Hall–Kier alpha value is -2.89. The summed E-state index contributed by atoms with van der Waals surface area (Å²) in [7, 11) is 0. The van der Waals surface area contributed by atoms with E-state index in [0.717, 1.165) is 24.1 Å². The standard InChI is InChI=1S/C19H23N3O3/c1-2-6-18(15-7-4-3-5-8-15)19(23)21-14-13-20-16-9-11-17(12-10-16)22(24)25/h3-5,7-12,18,20H,2,6,13-14H2,1H3,(H,21,23)/t18-/m0/s1. The van der Waals surface area contributed by atoms with Crippen molar-refractivity contribution in [1.29, 1.82) is 0 Å². The number of benzene rings is 2. The molecule has 0 fully saturated rings. The van der Waals surface area contributed by atoms with E-state index in [0.29, 0.717) is 13.1 Å². The van der Waals surface area contributed by atoms with Gasteiger partial charge >= 0.3 is 0 Å². The van der Waals surface area contributed by atoms with Crippen molar-refractivity contribution in [2.75, 3.05) is 18.4 Å². The summed E-state index contributed by atoms with van der Waals surface area (Å²) >= 11 is 0. The summed E-state index contributed by atoms with van der Waals surface area (Å²) in [5, 5.41) is 16.7. The van der Waals surface area contributed by atoms with Crippen LogP contribution in [0, 0.1) is 10.1 Å². The lowest BCUT2D eigenvalue weighted by molar-refractivity contribution is -0.384. The van der Waals surface area contributed by atoms with Crippen LogP contribution in [0.5, 0.6) is 0 Å². The molecule has 1 atom stereocenters. The van der Waals surface area contributed by atoms with E-state index in [1.165, 1.54) is 12.1 Å². The molecule has 0 radical (unpaired) electrons. The van der Waals surface area contributed by atoms with E-state index in [1.807, 2.05) is 30.3 Å². The van der Waals surface area contributed by atoms with Gasteiger partial charge in [-0.1, -0.05) is 43.7 Å². The van der Waals surface area contributed by atoms with Crippen LogP contribution in [0.3, 0.4) is 0 Å². The second-order valence-corrected chi connectivity index (χ2v) is 5.77. The number of nitrogens with zero attached hydrogens (tertiary/aromatic N) is 1. The van der Waals surface area contributed by atoms with Gasteiger partial charge in [0.2, 0.25) is 5.91 Å². The molecule has 132 valence electrons. The minimum absolute atomic E-state index is 0.0264. The van der Waals surface area contributed by atoms with Gasteiger partial charge in [0.1, 0.15) is 0 Å². The predicted molar refractivity (Wildman–Crippen MR) is 98.7 cm³/mol. The Morgan fingerprint density at radius 1 is 1.08 bits per heavy atom. The lowest BCUT2D eigenvalue weighted by atomic mass is 9.94. The monoisotopic (exact) mass is 341 g/mol. The highest BCUT2D eigenvalue weighted by atomic mass is 16.6. The summed E-state index contributed by atoms with van der Waals surface area (Å²) in [4.78, 5) is 22.6. The number of nitro groups is 1. The summed E-state index contributed by atoms with van der Waals surface area (Å²) < 4.78 is 0.